The van der Waals surface area contributed by atoms with Crippen molar-refractivity contribution >= 4 is 33.5 Å². The van der Waals surface area contributed by atoms with Crippen molar-refractivity contribution in [2.24, 2.45) is 0 Å². The summed E-state index contributed by atoms with van der Waals surface area (Å²) in [7, 11) is 0. The zero-order valence-corrected chi connectivity index (χ0v) is 21.3. The van der Waals surface area contributed by atoms with Crippen LogP contribution in [0.4, 0.5) is 5.69 Å². The van der Waals surface area contributed by atoms with Crippen LogP contribution in [0.3, 0.4) is 0 Å². The number of carbonyl (C=O) groups excluding carboxylic acids is 1. The number of esters is 1. The Balaban J connectivity index is 1.53. The number of fused-ring (bicyclic) bond motifs is 2. The van der Waals surface area contributed by atoms with Crippen LogP contribution in [-0.2, 0) is 22.6 Å². The van der Waals surface area contributed by atoms with Gasteiger partial charge in [-0.25, -0.2) is 0 Å². The van der Waals surface area contributed by atoms with Crippen molar-refractivity contribution in [2.75, 3.05) is 12.3 Å². The van der Waals surface area contributed by atoms with Crippen molar-refractivity contribution < 1.29 is 14.3 Å². The molecule has 0 fully saturated rings. The number of rotatable bonds is 8. The Morgan fingerprint density at radius 3 is 2.68 bits per heavy atom. The van der Waals surface area contributed by atoms with Crippen molar-refractivity contribution in [1.82, 2.24) is 14.8 Å². The molecule has 0 unspecified atom stereocenters. The molecule has 0 amide bonds. The van der Waals surface area contributed by atoms with Crippen LogP contribution in [0.1, 0.15) is 38.1 Å². The van der Waals surface area contributed by atoms with E-state index in [1.165, 1.54) is 0 Å². The van der Waals surface area contributed by atoms with E-state index in [2.05, 4.69) is 37.0 Å². The van der Waals surface area contributed by atoms with Crippen molar-refractivity contribution in [2.45, 2.75) is 39.8 Å². The molecule has 0 bridgehead atoms. The molecule has 5 aromatic rings. The molecule has 0 saturated carbocycles. The fourth-order valence-corrected chi connectivity index (χ4v) is 4.63. The molecule has 2 N–H and O–H groups in total. The average molecular weight is 495 g/mol. The van der Waals surface area contributed by atoms with Crippen LogP contribution < -0.4 is 10.5 Å². The van der Waals surface area contributed by atoms with Crippen LogP contribution in [0.25, 0.3) is 32.9 Å². The van der Waals surface area contributed by atoms with Gasteiger partial charge in [0, 0.05) is 28.6 Å². The SMILES string of the molecule is CCOC(=O)Cc1ccccc1OCc1nn(C(C)C)c2ccc(-c3ccnc4c(N)cccc34)cc12. The topological polar surface area (TPSA) is 92.3 Å². The number of hydrogen-bond acceptors (Lipinski definition) is 6. The minimum atomic E-state index is -0.275. The summed E-state index contributed by atoms with van der Waals surface area (Å²) in [6.07, 6.45) is 1.95. The van der Waals surface area contributed by atoms with Crippen LogP contribution in [0.2, 0.25) is 0 Å². The highest BCUT2D eigenvalue weighted by atomic mass is 16.5. The van der Waals surface area contributed by atoms with Crippen LogP contribution in [0.5, 0.6) is 5.75 Å². The van der Waals surface area contributed by atoms with Gasteiger partial charge < -0.3 is 15.2 Å². The molecule has 0 radical (unpaired) electrons. The number of pyridine rings is 1. The van der Waals surface area contributed by atoms with E-state index < -0.39 is 0 Å². The largest absolute Gasteiger partial charge is 0.487 e. The molecular weight excluding hydrogens is 464 g/mol. The van der Waals surface area contributed by atoms with Crippen molar-refractivity contribution in [1.29, 1.82) is 0 Å². The molecule has 0 aliphatic heterocycles. The maximum absolute atomic E-state index is 12.1. The van der Waals surface area contributed by atoms with Crippen LogP contribution in [0, 0.1) is 0 Å². The van der Waals surface area contributed by atoms with Crippen molar-refractivity contribution in [3.63, 3.8) is 0 Å². The third-order valence-electron chi connectivity index (χ3n) is 6.36. The third kappa shape index (κ3) is 4.85. The predicted molar refractivity (Wildman–Crippen MR) is 146 cm³/mol. The number of aromatic nitrogens is 3. The second-order valence-electron chi connectivity index (χ2n) is 9.20. The summed E-state index contributed by atoms with van der Waals surface area (Å²) in [5, 5.41) is 6.92. The van der Waals surface area contributed by atoms with E-state index in [4.69, 9.17) is 20.3 Å². The zero-order chi connectivity index (χ0) is 25.9. The lowest BCUT2D eigenvalue weighted by atomic mass is 9.99. The minimum absolute atomic E-state index is 0.160. The summed E-state index contributed by atoms with van der Waals surface area (Å²) in [4.78, 5) is 16.6. The van der Waals surface area contributed by atoms with Gasteiger partial charge in [-0.05, 0) is 62.2 Å². The highest BCUT2D eigenvalue weighted by molar-refractivity contribution is 6.01. The summed E-state index contributed by atoms with van der Waals surface area (Å²) in [5.74, 6) is 0.373. The molecule has 0 saturated heterocycles. The Hall–Kier alpha value is -4.39. The van der Waals surface area contributed by atoms with Gasteiger partial charge in [-0.2, -0.15) is 5.10 Å². The molecule has 7 heteroatoms. The molecule has 3 aromatic carbocycles. The second kappa shape index (κ2) is 10.3. The number of hydrogen-bond donors (Lipinski definition) is 1. The lowest BCUT2D eigenvalue weighted by Crippen LogP contribution is -2.09. The van der Waals surface area contributed by atoms with Gasteiger partial charge in [-0.1, -0.05) is 36.4 Å². The first-order chi connectivity index (χ1) is 18.0. The maximum atomic E-state index is 12.1. The van der Waals surface area contributed by atoms with Gasteiger partial charge in [0.1, 0.15) is 18.1 Å². The summed E-state index contributed by atoms with van der Waals surface area (Å²) in [6, 6.07) is 22.0. The van der Waals surface area contributed by atoms with E-state index in [1.54, 1.807) is 13.1 Å². The van der Waals surface area contributed by atoms with E-state index >= 15 is 0 Å². The van der Waals surface area contributed by atoms with Crippen molar-refractivity contribution in [3.05, 3.63) is 84.2 Å². The average Bonchev–Trinajstić information content (AvgIpc) is 3.26. The Kier molecular flexibility index (Phi) is 6.77. The molecule has 2 heterocycles. The molecule has 0 spiro atoms. The smallest absolute Gasteiger partial charge is 0.310 e. The Morgan fingerprint density at radius 1 is 1.03 bits per heavy atom. The predicted octanol–water partition coefficient (Wildman–Crippen LogP) is 6.10. The molecule has 2 aromatic heterocycles. The third-order valence-corrected chi connectivity index (χ3v) is 6.36. The molecule has 188 valence electrons. The zero-order valence-electron chi connectivity index (χ0n) is 21.3. The van der Waals surface area contributed by atoms with Crippen LogP contribution in [0.15, 0.2) is 72.9 Å². The van der Waals surface area contributed by atoms with Gasteiger partial charge in [-0.3, -0.25) is 14.5 Å². The summed E-state index contributed by atoms with van der Waals surface area (Å²) >= 11 is 0. The lowest BCUT2D eigenvalue weighted by Gasteiger charge is -2.11. The van der Waals surface area contributed by atoms with Gasteiger partial charge in [0.25, 0.3) is 0 Å². The van der Waals surface area contributed by atoms with Gasteiger partial charge >= 0.3 is 5.97 Å². The Morgan fingerprint density at radius 2 is 1.86 bits per heavy atom. The number of nitrogen functional groups attached to an aromatic ring is 1. The standard InChI is InChI=1S/C30H30N4O3/c1-4-36-29(35)17-21-8-5-6-11-28(21)37-18-26-24-16-20(12-13-27(24)34(33-26)19(2)3)22-14-15-32-30-23(22)9-7-10-25(30)31/h5-16,19H,4,17-18,31H2,1-3H3. The molecule has 37 heavy (non-hydrogen) atoms. The first-order valence-corrected chi connectivity index (χ1v) is 12.5. The van der Waals surface area contributed by atoms with E-state index in [9.17, 15) is 4.79 Å². The molecular formula is C30H30N4O3. The summed E-state index contributed by atoms with van der Waals surface area (Å²) in [6.45, 7) is 6.64. The maximum Gasteiger partial charge on any atom is 0.310 e. The summed E-state index contributed by atoms with van der Waals surface area (Å²) in [5.41, 5.74) is 12.4. The highest BCUT2D eigenvalue weighted by Crippen LogP contribution is 2.33. The molecule has 0 atom stereocenters. The monoisotopic (exact) mass is 494 g/mol. The lowest BCUT2D eigenvalue weighted by molar-refractivity contribution is -0.142. The van der Waals surface area contributed by atoms with Crippen molar-refractivity contribution in [3.8, 4) is 16.9 Å². The van der Waals surface area contributed by atoms with Crippen LogP contribution in [-0.4, -0.2) is 27.3 Å². The number of benzene rings is 3. The number of anilines is 1. The van der Waals surface area contributed by atoms with Gasteiger partial charge in [0.2, 0.25) is 0 Å². The Labute approximate surface area is 215 Å². The van der Waals surface area contributed by atoms with E-state index in [0.717, 1.165) is 44.2 Å². The number of nitrogens with zero attached hydrogens (tertiary/aromatic N) is 3. The number of nitrogens with two attached hydrogens (primary N) is 1. The summed E-state index contributed by atoms with van der Waals surface area (Å²) < 4.78 is 13.4. The molecule has 0 aliphatic rings. The normalized spacial score (nSPS) is 11.4. The molecule has 5 rings (SSSR count). The number of carbonyl (C=O) groups is 1. The Bertz CT molecular complexity index is 1590. The van der Waals surface area contributed by atoms with Gasteiger partial charge in [0.15, 0.2) is 0 Å². The highest BCUT2D eigenvalue weighted by Gasteiger charge is 2.17. The molecule has 0 aliphatic carbocycles. The first kappa shape index (κ1) is 24.3. The van der Waals surface area contributed by atoms with Gasteiger partial charge in [-0.15, -0.1) is 0 Å². The van der Waals surface area contributed by atoms with E-state index in [-0.39, 0.29) is 25.0 Å². The second-order valence-corrected chi connectivity index (χ2v) is 9.20. The molecule has 7 nitrogen and oxygen atoms in total. The minimum Gasteiger partial charge on any atom is -0.487 e. The van der Waals surface area contributed by atoms with Crippen LogP contribution >= 0.6 is 0 Å². The number of para-hydroxylation sites is 2. The quantitative estimate of drug-likeness (QED) is 0.207. The fraction of sp³-hybridized carbons (Fsp3) is 0.233. The van der Waals surface area contributed by atoms with E-state index in [1.807, 2.05) is 53.2 Å². The van der Waals surface area contributed by atoms with Gasteiger partial charge in [0.05, 0.1) is 29.7 Å². The van der Waals surface area contributed by atoms with E-state index in [0.29, 0.717) is 18.0 Å². The first-order valence-electron chi connectivity index (χ1n) is 12.5. The fourth-order valence-electron chi connectivity index (χ4n) is 4.63. The number of ether oxygens (including phenoxy) is 2.